The maximum absolute atomic E-state index is 12.5. The summed E-state index contributed by atoms with van der Waals surface area (Å²) in [5.41, 5.74) is 0. The number of benzene rings is 2. The Morgan fingerprint density at radius 3 is 1.75 bits per heavy atom. The Morgan fingerprint density at radius 2 is 1.35 bits per heavy atom. The van der Waals surface area contributed by atoms with Crippen molar-refractivity contribution in [1.29, 1.82) is 0 Å². The second-order valence-electron chi connectivity index (χ2n) is 3.52. The minimum atomic E-state index is -3.98. The molecule has 0 spiro atoms. The van der Waals surface area contributed by atoms with Crippen LogP contribution in [0, 0.1) is 0 Å². The molecule has 0 heterocycles. The smallest absolute Gasteiger partial charge is 0.385 e. The average Bonchev–Trinajstić information content (AvgIpc) is 2.47. The summed E-state index contributed by atoms with van der Waals surface area (Å²) in [5, 5.41) is 5.14. The first-order chi connectivity index (χ1) is 9.72. The largest absolute Gasteiger partial charge is 0.668 e. The molecule has 0 saturated carbocycles. The third kappa shape index (κ3) is 4.21. The summed E-state index contributed by atoms with van der Waals surface area (Å²) in [6.07, 6.45) is 0. The van der Waals surface area contributed by atoms with E-state index >= 15 is 0 Å². The molecule has 0 amide bonds. The third-order valence-electron chi connectivity index (χ3n) is 2.10. The van der Waals surface area contributed by atoms with E-state index in [1.165, 1.54) is 0 Å². The van der Waals surface area contributed by atoms with Gasteiger partial charge in [-0.15, -0.1) is 0 Å². The number of para-hydroxylation sites is 2. The molecule has 2 rings (SSSR count). The topological polar surface area (TPSA) is 57.1 Å². The van der Waals surface area contributed by atoms with Crippen LogP contribution in [0.15, 0.2) is 65.8 Å². The first kappa shape index (κ1) is 14.3. The zero-order chi connectivity index (χ0) is 14.3. The standard InChI is InChI=1S/C13H10NO4PS/c15-19(18-14-11-20,16-12-7-3-1-4-8-12)17-13-9-5-2-6-10-13/h1-10H. The van der Waals surface area contributed by atoms with Crippen LogP contribution in [0.4, 0.5) is 0 Å². The fraction of sp³-hybridized carbons (Fsp3) is 0. The summed E-state index contributed by atoms with van der Waals surface area (Å²) >= 11 is 4.38. The summed E-state index contributed by atoms with van der Waals surface area (Å²) in [6, 6.07) is 17.0. The predicted octanol–water partition coefficient (Wildman–Crippen LogP) is 4.29. The van der Waals surface area contributed by atoms with Crippen LogP contribution in [-0.4, -0.2) is 5.16 Å². The van der Waals surface area contributed by atoms with E-state index < -0.39 is 7.82 Å². The molecule has 0 atom stereocenters. The molecule has 2 aromatic carbocycles. The van der Waals surface area contributed by atoms with Crippen LogP contribution in [0.3, 0.4) is 0 Å². The van der Waals surface area contributed by atoms with E-state index in [-0.39, 0.29) is 0 Å². The number of isothiocyanates is 1. The summed E-state index contributed by atoms with van der Waals surface area (Å²) in [7, 11) is -3.98. The summed E-state index contributed by atoms with van der Waals surface area (Å²) in [5.74, 6) is 0.651. The maximum Gasteiger partial charge on any atom is 0.668 e. The highest BCUT2D eigenvalue weighted by atomic mass is 32.1. The molecule has 0 aliphatic rings. The van der Waals surface area contributed by atoms with Crippen LogP contribution in [0.1, 0.15) is 0 Å². The van der Waals surface area contributed by atoms with E-state index in [9.17, 15) is 4.57 Å². The van der Waals surface area contributed by atoms with Crippen LogP contribution in [-0.2, 0) is 9.19 Å². The van der Waals surface area contributed by atoms with Gasteiger partial charge in [-0.3, -0.25) is 4.62 Å². The van der Waals surface area contributed by atoms with E-state index in [0.717, 1.165) is 0 Å². The van der Waals surface area contributed by atoms with Crippen LogP contribution in [0.2, 0.25) is 0 Å². The normalized spacial score (nSPS) is 10.2. The lowest BCUT2D eigenvalue weighted by atomic mass is 10.3. The molecule has 102 valence electrons. The molecule has 0 unspecified atom stereocenters. The summed E-state index contributed by atoms with van der Waals surface area (Å²) in [4.78, 5) is 0. The number of thiocarbonyl (C=S) groups is 1. The first-order valence-electron chi connectivity index (χ1n) is 5.57. The van der Waals surface area contributed by atoms with Crippen LogP contribution in [0.5, 0.6) is 11.5 Å². The summed E-state index contributed by atoms with van der Waals surface area (Å²) in [6.45, 7) is 0. The van der Waals surface area contributed by atoms with E-state index in [4.69, 9.17) is 13.7 Å². The Morgan fingerprint density at radius 1 is 0.900 bits per heavy atom. The maximum atomic E-state index is 12.5. The summed E-state index contributed by atoms with van der Waals surface area (Å²) < 4.78 is 27.6. The van der Waals surface area contributed by atoms with Crippen LogP contribution < -0.4 is 9.05 Å². The van der Waals surface area contributed by atoms with Gasteiger partial charge in [0.2, 0.25) is 0 Å². The monoisotopic (exact) mass is 307 g/mol. The average molecular weight is 307 g/mol. The van der Waals surface area contributed by atoms with E-state index in [1.807, 2.05) is 5.16 Å². The minimum absolute atomic E-state index is 0.325. The SMILES string of the molecule is O=P(ON=C=S)(Oc1ccccc1)Oc1ccccc1. The fourth-order valence-corrected chi connectivity index (χ4v) is 2.44. The molecular weight excluding hydrogens is 297 g/mol. The highest BCUT2D eigenvalue weighted by Crippen LogP contribution is 2.49. The lowest BCUT2D eigenvalue weighted by Crippen LogP contribution is -2.02. The second kappa shape index (κ2) is 6.87. The van der Waals surface area contributed by atoms with E-state index in [2.05, 4.69) is 17.4 Å². The van der Waals surface area contributed by atoms with Gasteiger partial charge in [-0.05, 0) is 41.6 Å². The lowest BCUT2D eigenvalue weighted by Gasteiger charge is -2.15. The number of hydrogen-bond acceptors (Lipinski definition) is 6. The number of phosphoric acid groups is 1. The van der Waals surface area contributed by atoms with Gasteiger partial charge in [0.25, 0.3) is 0 Å². The first-order valence-corrected chi connectivity index (χ1v) is 7.44. The Hall–Kier alpha value is -2.13. The van der Waals surface area contributed by atoms with Crippen molar-refractivity contribution in [3.05, 3.63) is 60.7 Å². The third-order valence-corrected chi connectivity index (χ3v) is 3.32. The van der Waals surface area contributed by atoms with Gasteiger partial charge in [-0.25, -0.2) is 0 Å². The molecule has 2 aromatic rings. The van der Waals surface area contributed by atoms with Gasteiger partial charge in [0.1, 0.15) is 16.7 Å². The molecule has 0 N–H and O–H groups in total. The van der Waals surface area contributed by atoms with E-state index in [1.54, 1.807) is 60.7 Å². The van der Waals surface area contributed by atoms with Gasteiger partial charge in [-0.1, -0.05) is 36.4 Å². The van der Waals surface area contributed by atoms with Crippen molar-refractivity contribution < 1.29 is 18.2 Å². The van der Waals surface area contributed by atoms with Gasteiger partial charge in [0.05, 0.1) is 0 Å². The Kier molecular flexibility index (Phi) is 4.91. The number of phosphoric ester groups is 1. The van der Waals surface area contributed by atoms with Crippen LogP contribution >= 0.6 is 20.0 Å². The molecule has 0 aliphatic carbocycles. The number of rotatable bonds is 6. The zero-order valence-corrected chi connectivity index (χ0v) is 11.9. The molecule has 20 heavy (non-hydrogen) atoms. The number of nitrogens with zero attached hydrogens (tertiary/aromatic N) is 1. The molecule has 0 aromatic heterocycles. The Bertz CT molecular complexity index is 598. The molecular formula is C13H10NO4PS. The Labute approximate surface area is 121 Å². The molecule has 0 aliphatic heterocycles. The van der Waals surface area contributed by atoms with Crippen LogP contribution in [0.25, 0.3) is 0 Å². The van der Waals surface area contributed by atoms with Crippen molar-refractivity contribution in [3.63, 3.8) is 0 Å². The van der Waals surface area contributed by atoms with Gasteiger partial charge in [-0.2, -0.15) is 4.57 Å². The predicted molar refractivity (Wildman–Crippen MR) is 77.9 cm³/mol. The number of hydrogen-bond donors (Lipinski definition) is 0. The highest BCUT2D eigenvalue weighted by Gasteiger charge is 2.33. The fourth-order valence-electron chi connectivity index (χ4n) is 1.34. The van der Waals surface area contributed by atoms with Crippen molar-refractivity contribution in [1.82, 2.24) is 0 Å². The van der Waals surface area contributed by atoms with Crippen molar-refractivity contribution in [2.24, 2.45) is 5.16 Å². The molecule has 0 radical (unpaired) electrons. The van der Waals surface area contributed by atoms with E-state index in [0.29, 0.717) is 11.5 Å². The van der Waals surface area contributed by atoms with Crippen molar-refractivity contribution in [3.8, 4) is 11.5 Å². The highest BCUT2D eigenvalue weighted by molar-refractivity contribution is 7.78. The molecule has 5 nitrogen and oxygen atoms in total. The van der Waals surface area contributed by atoms with Gasteiger partial charge in [0.15, 0.2) is 0 Å². The zero-order valence-electron chi connectivity index (χ0n) is 10.2. The van der Waals surface area contributed by atoms with Crippen molar-refractivity contribution in [2.45, 2.75) is 0 Å². The molecule has 0 bridgehead atoms. The Balaban J connectivity index is 2.21. The lowest BCUT2D eigenvalue weighted by molar-refractivity contribution is 0.220. The van der Waals surface area contributed by atoms with Gasteiger partial charge >= 0.3 is 7.82 Å². The molecule has 0 fully saturated rings. The second-order valence-corrected chi connectivity index (χ2v) is 5.13. The van der Waals surface area contributed by atoms with Gasteiger partial charge in [0, 0.05) is 0 Å². The minimum Gasteiger partial charge on any atom is -0.385 e. The van der Waals surface area contributed by atoms with Gasteiger partial charge < -0.3 is 9.05 Å². The van der Waals surface area contributed by atoms with Crippen molar-refractivity contribution in [2.75, 3.05) is 0 Å². The quantitative estimate of drug-likeness (QED) is 0.345. The molecule has 7 heteroatoms. The van der Waals surface area contributed by atoms with Crippen molar-refractivity contribution >= 4 is 25.2 Å². The molecule has 0 saturated heterocycles.